The van der Waals surface area contributed by atoms with Crippen LogP contribution in [0.15, 0.2) is 193 Å². The van der Waals surface area contributed by atoms with E-state index in [9.17, 15) is 80.2 Å². The van der Waals surface area contributed by atoms with E-state index in [1.54, 1.807) is 98.4 Å². The fourth-order valence-electron chi connectivity index (χ4n) is 13.0. The predicted octanol–water partition coefficient (Wildman–Crippen LogP) is 25.2. The summed E-state index contributed by atoms with van der Waals surface area (Å²) < 4.78 is 272. The molecule has 149 heavy (non-hydrogen) atoms. The van der Waals surface area contributed by atoms with Gasteiger partial charge in [-0.25, -0.2) is 19.1 Å². The first-order valence-electron chi connectivity index (χ1n) is 43.9. The van der Waals surface area contributed by atoms with Gasteiger partial charge in [-0.3, -0.25) is 0 Å². The lowest BCUT2D eigenvalue weighted by Gasteiger charge is -2.32. The van der Waals surface area contributed by atoms with Gasteiger partial charge in [-0.2, -0.15) is 20.6 Å². The number of aromatic amines is 2. The number of ether oxygens (including phenoxy) is 11. The molecule has 30 nitrogen and oxygen atoms in total. The summed E-state index contributed by atoms with van der Waals surface area (Å²) >= 11 is 32.1. The van der Waals surface area contributed by atoms with Crippen molar-refractivity contribution in [2.45, 2.75) is 189 Å². The lowest BCUT2D eigenvalue weighted by atomic mass is 9.49. The maximum atomic E-state index is 12.5. The molecule has 6 heterocycles. The Kier molecular flexibility index (Phi) is 39.3. The molecule has 0 atom stereocenters. The van der Waals surface area contributed by atoms with Crippen LogP contribution in [-0.4, -0.2) is 176 Å². The zero-order valence-corrected chi connectivity index (χ0v) is 86.4. The van der Waals surface area contributed by atoms with Crippen LogP contribution in [0.5, 0.6) is 51.7 Å². The number of benzene rings is 9. The lowest BCUT2D eigenvalue weighted by molar-refractivity contribution is -0.275. The minimum Gasteiger partial charge on any atom is -0.497 e. The zero-order valence-electron chi connectivity index (χ0n) is 81.1. The summed E-state index contributed by atoms with van der Waals surface area (Å²) in [4.78, 5) is 35.2. The van der Waals surface area contributed by atoms with Crippen LogP contribution in [-0.2, 0) is 63.8 Å². The monoisotopic (exact) mass is 2270 g/mol. The molecule has 0 bridgehead atoms. The Morgan fingerprint density at radius 1 is 0.383 bits per heavy atom. The maximum absolute atomic E-state index is 12.5. The van der Waals surface area contributed by atoms with Crippen molar-refractivity contribution in [1.29, 1.82) is 0 Å². The second kappa shape index (κ2) is 49.3. The van der Waals surface area contributed by atoms with Crippen molar-refractivity contribution in [2.75, 3.05) is 20.3 Å². The van der Waals surface area contributed by atoms with E-state index >= 15 is 0 Å². The van der Waals surface area contributed by atoms with Crippen LogP contribution < -0.4 is 48.1 Å². The number of nitrogens with zero attached hydrogens (tertiary/aromatic N) is 7. The summed E-state index contributed by atoms with van der Waals surface area (Å²) in [6.07, 6.45) is -24.0. The molecule has 0 saturated carbocycles. The number of aromatic carboxylic acids is 1. The van der Waals surface area contributed by atoms with E-state index in [1.165, 1.54) is 60.7 Å². The highest BCUT2D eigenvalue weighted by molar-refractivity contribution is 9.10. The van der Waals surface area contributed by atoms with Crippen LogP contribution in [0, 0.1) is 0 Å². The van der Waals surface area contributed by atoms with Gasteiger partial charge in [0, 0.05) is 4.47 Å². The van der Waals surface area contributed by atoms with Gasteiger partial charge in [0.1, 0.15) is 88.6 Å². The average Bonchev–Trinajstić information content (AvgIpc) is 1.58. The Morgan fingerprint density at radius 2 is 0.685 bits per heavy atom. The van der Waals surface area contributed by atoms with Gasteiger partial charge in [0.25, 0.3) is 0 Å². The molecule has 3 fully saturated rings. The summed E-state index contributed by atoms with van der Waals surface area (Å²) in [5.41, 5.74) is 3.52. The highest BCUT2D eigenvalue weighted by Crippen LogP contribution is 2.46. The minimum atomic E-state index is -4.84. The third-order valence-corrected chi connectivity index (χ3v) is 24.4. The molecule has 3 N–H and O–H groups in total. The Bertz CT molecular complexity index is 6480. The molecule has 9 aromatic carbocycles. The first-order chi connectivity index (χ1) is 69.3. The number of esters is 2. The maximum Gasteiger partial charge on any atom is 0.573 e. The van der Waals surface area contributed by atoms with Crippen molar-refractivity contribution >= 4 is 118 Å². The number of carbonyl (C=O) groups excluding carboxylic acids is 2. The molecule has 3 saturated heterocycles. The fraction of sp³-hybridized carbons (Fsp3) is 0.337. The molecule has 3 aliphatic heterocycles. The van der Waals surface area contributed by atoms with Crippen molar-refractivity contribution in [3.8, 4) is 85.1 Å². The van der Waals surface area contributed by atoms with Crippen LogP contribution in [0.2, 0.25) is 25.1 Å². The van der Waals surface area contributed by atoms with Gasteiger partial charge in [-0.05, 0) is 257 Å². The standard InChI is InChI=1S/C27H23ClF3N3O5.C19H15ClF3N3O4.C17H11ClF3N3O4.C13H15BClF3O3.C12H24B2O4.C7H3BrClF3O/c1-3-37-26(35)25-23(34(33-32-25)15-17-4-9-20(36-2)10-5-17)16-38-21-11-6-18(7-12-21)19-8-13-24(22(28)14-19)39-27(29,30)31;1-2-28-18(27)17-15(24-26-25-17)10-29-13-6-3-11(4-7-13)12-5-8-16(14(20)9-12)30-19(21,22)23;18-12-7-10(3-6-14(12)28-17(19,20)21)9-1-4-11(5-2-9)27-8-13-15(16(25)26)23-24-22-13;1-11(2)12(3,4)21-14(20-11)8-5-6-10(9(15)7-8)19-13(16,17)18;1-9(2)10(3,4)16-13(15-9)14-17-11(5,6)12(7,8)18-14;8-4-1-2-6(5(9)3-4)13-7(10,11)12/h4-14H,3,15-16H2,1-2H3;3-9H,2,10H2,1H3,(H,24,25,26);1-7H,8H2,(H,25,26)(H,22,23,24);5-7H,1-4H3;1-8H3;1-3H. The molecule has 15 rings (SSSR count). The van der Waals surface area contributed by atoms with E-state index in [0.717, 1.165) is 35.9 Å². The summed E-state index contributed by atoms with van der Waals surface area (Å²) in [6, 6.07) is 47.3. The second-order valence-corrected chi connectivity index (χ2v) is 37.5. The largest absolute Gasteiger partial charge is 0.573 e. The van der Waals surface area contributed by atoms with E-state index < -0.39 is 111 Å². The number of hydrogen-bond donors (Lipinski definition) is 3. The average molecular weight is 2270 g/mol. The molecule has 12 aromatic rings. The summed E-state index contributed by atoms with van der Waals surface area (Å²) in [5.74, 6) is -2.62. The molecule has 3 aliphatic rings. The van der Waals surface area contributed by atoms with Crippen molar-refractivity contribution in [3.63, 3.8) is 0 Å². The number of hydrogen-bond acceptors (Lipinski definition) is 26. The molecular weight excluding hydrogens is 2180 g/mol. The number of aromatic nitrogens is 9. The molecule has 54 heteroatoms. The SMILES string of the molecule is CC1(C)OB(B2OC(C)(C)C(C)(C)O2)OC1(C)C.CC1(C)OB(c2ccc(OC(F)(F)F)c(Cl)c2)OC1(C)C.CCOC(=O)c1n[nH]nc1COc1ccc(-c2ccc(OC(F)(F)F)c(Cl)c2)cc1.CCOC(=O)c1nnn(Cc2ccc(OC)cc2)c1COc1ccc(-c2ccc(OC(F)(F)F)c(Cl)c2)cc1.FC(F)(F)Oc1ccc(Br)cc1Cl.O=C(O)c1n[nH]nc1COc1ccc(-c2ccc(OC(F)(F)F)c(Cl)c2)cc1. The number of rotatable bonds is 27. The normalized spacial score (nSPS) is 15.1. The summed E-state index contributed by atoms with van der Waals surface area (Å²) in [7, 11) is -0.0576. The van der Waals surface area contributed by atoms with E-state index in [0.29, 0.717) is 84.2 Å². The van der Waals surface area contributed by atoms with Gasteiger partial charge in [-0.1, -0.05) is 152 Å². The number of carboxylic acids is 1. The molecule has 0 radical (unpaired) electrons. The first kappa shape index (κ1) is 119. The number of alkyl halides is 15. The highest BCUT2D eigenvalue weighted by Gasteiger charge is 2.64. The molecule has 3 aromatic heterocycles. The first-order valence-corrected chi connectivity index (χ1v) is 46.6. The topological polar surface area (TPSA) is 342 Å². The van der Waals surface area contributed by atoms with E-state index in [-0.39, 0.29) is 103 Å². The molecule has 798 valence electrons. The van der Waals surface area contributed by atoms with Crippen LogP contribution in [0.4, 0.5) is 65.9 Å². The molecule has 0 amide bonds. The van der Waals surface area contributed by atoms with Crippen molar-refractivity contribution < 1.29 is 165 Å². The highest BCUT2D eigenvalue weighted by atomic mass is 79.9. The van der Waals surface area contributed by atoms with Crippen LogP contribution in [0.1, 0.15) is 151 Å². The predicted molar refractivity (Wildman–Crippen MR) is 519 cm³/mol. The lowest BCUT2D eigenvalue weighted by Crippen LogP contribution is -2.41. The summed E-state index contributed by atoms with van der Waals surface area (Å²) in [6.45, 7) is 27.7. The van der Waals surface area contributed by atoms with Crippen molar-refractivity contribution in [3.05, 3.63) is 257 Å². The van der Waals surface area contributed by atoms with Crippen LogP contribution in [0.25, 0.3) is 33.4 Å². The molecule has 0 unspecified atom stereocenters. The third kappa shape index (κ3) is 34.2. The van der Waals surface area contributed by atoms with Gasteiger partial charge >= 0.3 is 70.9 Å². The number of H-pyrrole nitrogens is 2. The number of carboxylic acid groups (broad SMARTS) is 1. The van der Waals surface area contributed by atoms with E-state index in [2.05, 4.69) is 80.7 Å². The van der Waals surface area contributed by atoms with E-state index in [1.807, 2.05) is 107 Å². The molecule has 0 aliphatic carbocycles. The second-order valence-electron chi connectivity index (χ2n) is 34.6. The van der Waals surface area contributed by atoms with Crippen molar-refractivity contribution in [2.24, 2.45) is 0 Å². The molecule has 0 spiro atoms. The van der Waals surface area contributed by atoms with Gasteiger partial charge in [-0.15, -0.1) is 81.2 Å². The van der Waals surface area contributed by atoms with E-state index in [4.69, 9.17) is 119 Å². The number of carbonyl (C=O) groups is 3. The quantitative estimate of drug-likeness (QED) is 0.0244. The van der Waals surface area contributed by atoms with Crippen LogP contribution >= 0.6 is 73.9 Å². The van der Waals surface area contributed by atoms with Gasteiger partial charge in [0.05, 0.1) is 85.6 Å². The third-order valence-electron chi connectivity index (χ3n) is 22.5. The Hall–Kier alpha value is -12.2. The van der Waals surface area contributed by atoms with Crippen LogP contribution in [0.3, 0.4) is 0 Å². The zero-order chi connectivity index (χ0) is 110. The fourth-order valence-corrected chi connectivity index (χ4v) is 14.6. The van der Waals surface area contributed by atoms with Gasteiger partial charge in [0.15, 0.2) is 17.1 Å². The minimum absolute atomic E-state index is 0.0146. The van der Waals surface area contributed by atoms with Crippen molar-refractivity contribution in [1.82, 2.24) is 45.8 Å². The summed E-state index contributed by atoms with van der Waals surface area (Å²) in [5, 5.41) is 35.8. The molecular formula is C95H91B3BrCl5F15N9O21. The Morgan fingerprint density at radius 3 is 1.01 bits per heavy atom. The Balaban J connectivity index is 0.000000188. The Labute approximate surface area is 876 Å². The van der Waals surface area contributed by atoms with Gasteiger partial charge < -0.3 is 85.1 Å². The number of nitrogens with one attached hydrogen (secondary N) is 2. The van der Waals surface area contributed by atoms with Gasteiger partial charge in [0.2, 0.25) is 0 Å². The smallest absolute Gasteiger partial charge is 0.497 e. The number of methoxy groups -OCH3 is 1. The number of halogens is 21.